The topological polar surface area (TPSA) is 52.3 Å². The Morgan fingerprint density at radius 1 is 1.15 bits per heavy atom. The summed E-state index contributed by atoms with van der Waals surface area (Å²) in [6, 6.07) is 10.1. The van der Waals surface area contributed by atoms with E-state index >= 15 is 0 Å². The van der Waals surface area contributed by atoms with Crippen molar-refractivity contribution in [1.29, 1.82) is 0 Å². The first-order chi connectivity index (χ1) is 9.51. The minimum Gasteiger partial charge on any atom is -0.497 e. The molecule has 2 N–H and O–H groups in total. The number of ketones is 1. The Labute approximate surface area is 127 Å². The largest absolute Gasteiger partial charge is 0.497 e. The molecule has 0 aromatic heterocycles. The third-order valence-electron chi connectivity index (χ3n) is 2.91. The molecule has 0 saturated carbocycles. The third-order valence-corrected chi connectivity index (χ3v) is 3.65. The van der Waals surface area contributed by atoms with Gasteiger partial charge in [0.2, 0.25) is 0 Å². The lowest BCUT2D eigenvalue weighted by molar-refractivity contribution is 0.0994. The molecule has 0 unspecified atom stereocenters. The zero-order valence-corrected chi connectivity index (χ0v) is 12.3. The van der Waals surface area contributed by atoms with E-state index in [4.69, 9.17) is 33.7 Å². The van der Waals surface area contributed by atoms with Gasteiger partial charge in [-0.1, -0.05) is 29.3 Å². The van der Waals surface area contributed by atoms with Crippen LogP contribution in [-0.4, -0.2) is 12.9 Å². The summed E-state index contributed by atoms with van der Waals surface area (Å²) < 4.78 is 5.05. The molecule has 3 nitrogen and oxygen atoms in total. The number of methoxy groups -OCH3 is 1. The number of Topliss-reactive ketones (excluding diaryl/α,β-unsaturated/α-hetero) is 1. The second-order valence-corrected chi connectivity index (χ2v) is 5.12. The van der Waals surface area contributed by atoms with Crippen molar-refractivity contribution in [3.63, 3.8) is 0 Å². The average Bonchev–Trinajstić information content (AvgIpc) is 2.42. The number of hydrogen-bond donors (Lipinski definition) is 1. The Hall–Kier alpha value is -1.71. The van der Waals surface area contributed by atoms with Crippen LogP contribution in [0.25, 0.3) is 0 Å². The quantitative estimate of drug-likeness (QED) is 0.686. The van der Waals surface area contributed by atoms with Crippen molar-refractivity contribution in [2.24, 2.45) is 0 Å². The highest BCUT2D eigenvalue weighted by molar-refractivity contribution is 6.42. The van der Waals surface area contributed by atoms with Crippen LogP contribution in [0.3, 0.4) is 0 Å². The highest BCUT2D eigenvalue weighted by Gasteiger charge is 2.12. The number of carbonyl (C=O) groups excluding carboxylic acids is 1. The summed E-state index contributed by atoms with van der Waals surface area (Å²) in [6.45, 7) is 0. The molecule has 0 aliphatic rings. The molecular weight excluding hydrogens is 297 g/mol. The number of hydrogen-bond acceptors (Lipinski definition) is 3. The fourth-order valence-electron chi connectivity index (χ4n) is 1.85. The van der Waals surface area contributed by atoms with E-state index in [1.165, 1.54) is 0 Å². The van der Waals surface area contributed by atoms with Crippen molar-refractivity contribution >= 4 is 34.7 Å². The summed E-state index contributed by atoms with van der Waals surface area (Å²) in [6.07, 6.45) is 0.216. The van der Waals surface area contributed by atoms with Crippen LogP contribution in [0.1, 0.15) is 15.9 Å². The molecule has 0 atom stereocenters. The van der Waals surface area contributed by atoms with Crippen LogP contribution < -0.4 is 10.5 Å². The van der Waals surface area contributed by atoms with Gasteiger partial charge in [0.25, 0.3) is 0 Å². The Kier molecular flexibility index (Phi) is 4.53. The van der Waals surface area contributed by atoms with Gasteiger partial charge in [0, 0.05) is 23.7 Å². The van der Waals surface area contributed by atoms with Gasteiger partial charge in [0.15, 0.2) is 5.78 Å². The Morgan fingerprint density at radius 3 is 2.50 bits per heavy atom. The number of anilines is 1. The van der Waals surface area contributed by atoms with Crippen molar-refractivity contribution < 1.29 is 9.53 Å². The van der Waals surface area contributed by atoms with Crippen molar-refractivity contribution in [3.05, 3.63) is 57.6 Å². The summed E-state index contributed by atoms with van der Waals surface area (Å²) in [5.41, 5.74) is 7.52. The van der Waals surface area contributed by atoms with E-state index in [2.05, 4.69) is 0 Å². The normalized spacial score (nSPS) is 10.3. The van der Waals surface area contributed by atoms with E-state index in [9.17, 15) is 4.79 Å². The van der Waals surface area contributed by atoms with Crippen molar-refractivity contribution in [2.75, 3.05) is 12.8 Å². The molecule has 0 aliphatic heterocycles. The predicted octanol–water partition coefficient (Wildman–Crippen LogP) is 4.01. The summed E-state index contributed by atoms with van der Waals surface area (Å²) in [4.78, 5) is 12.2. The first-order valence-electron chi connectivity index (χ1n) is 5.92. The van der Waals surface area contributed by atoms with Gasteiger partial charge in [-0.05, 0) is 29.8 Å². The van der Waals surface area contributed by atoms with Crippen LogP contribution in [0.4, 0.5) is 5.69 Å². The van der Waals surface area contributed by atoms with Crippen molar-refractivity contribution in [1.82, 2.24) is 0 Å². The minimum absolute atomic E-state index is 0.0801. The fourth-order valence-corrected chi connectivity index (χ4v) is 2.17. The number of carbonyl (C=O) groups is 1. The number of ether oxygens (including phenoxy) is 1. The average molecular weight is 310 g/mol. The minimum atomic E-state index is -0.0801. The van der Waals surface area contributed by atoms with Gasteiger partial charge in [-0.15, -0.1) is 0 Å². The van der Waals surface area contributed by atoms with E-state index < -0.39 is 0 Å². The SMILES string of the molecule is COc1ccc(C(=O)Cc2ccc(Cl)c(Cl)c2)c(N)c1. The maximum atomic E-state index is 12.2. The maximum Gasteiger partial charge on any atom is 0.169 e. The molecule has 0 bridgehead atoms. The molecule has 0 radical (unpaired) electrons. The monoisotopic (exact) mass is 309 g/mol. The molecule has 2 rings (SSSR count). The zero-order valence-electron chi connectivity index (χ0n) is 10.8. The molecule has 0 heterocycles. The van der Waals surface area contributed by atoms with Gasteiger partial charge >= 0.3 is 0 Å². The number of nitrogens with two attached hydrogens (primary N) is 1. The summed E-state index contributed by atoms with van der Waals surface area (Å²) in [5.74, 6) is 0.539. The Morgan fingerprint density at radius 2 is 1.90 bits per heavy atom. The van der Waals surface area contributed by atoms with Crippen LogP contribution in [0.15, 0.2) is 36.4 Å². The highest BCUT2D eigenvalue weighted by atomic mass is 35.5. The second kappa shape index (κ2) is 6.16. The first kappa shape index (κ1) is 14.7. The summed E-state index contributed by atoms with van der Waals surface area (Å²) in [7, 11) is 1.55. The molecule has 2 aromatic rings. The Balaban J connectivity index is 2.21. The van der Waals surface area contributed by atoms with Gasteiger partial charge in [0.1, 0.15) is 5.75 Å². The molecule has 104 valence electrons. The lowest BCUT2D eigenvalue weighted by Gasteiger charge is -2.08. The van der Waals surface area contributed by atoms with E-state index in [1.54, 1.807) is 43.5 Å². The standard InChI is InChI=1S/C15H13Cl2NO2/c1-20-10-3-4-11(14(18)8-10)15(19)7-9-2-5-12(16)13(17)6-9/h2-6,8H,7,18H2,1H3. The van der Waals surface area contributed by atoms with Crippen LogP contribution in [0.2, 0.25) is 10.0 Å². The lowest BCUT2D eigenvalue weighted by atomic mass is 10.0. The van der Waals surface area contributed by atoms with Crippen LogP contribution in [0, 0.1) is 0 Å². The maximum absolute atomic E-state index is 12.2. The molecule has 2 aromatic carbocycles. The molecule has 0 spiro atoms. The van der Waals surface area contributed by atoms with Gasteiger partial charge in [-0.2, -0.15) is 0 Å². The molecule has 20 heavy (non-hydrogen) atoms. The summed E-state index contributed by atoms with van der Waals surface area (Å²) in [5, 5.41) is 0.895. The fraction of sp³-hybridized carbons (Fsp3) is 0.133. The number of benzene rings is 2. The third kappa shape index (κ3) is 3.24. The number of nitrogen functional groups attached to an aromatic ring is 1. The number of halogens is 2. The molecule has 0 amide bonds. The van der Waals surface area contributed by atoms with E-state index in [-0.39, 0.29) is 12.2 Å². The first-order valence-corrected chi connectivity index (χ1v) is 6.67. The van der Waals surface area contributed by atoms with E-state index in [1.807, 2.05) is 0 Å². The van der Waals surface area contributed by atoms with E-state index in [0.29, 0.717) is 27.0 Å². The van der Waals surface area contributed by atoms with Crippen LogP contribution in [-0.2, 0) is 6.42 Å². The zero-order chi connectivity index (χ0) is 14.7. The molecule has 5 heteroatoms. The van der Waals surface area contributed by atoms with Crippen molar-refractivity contribution in [2.45, 2.75) is 6.42 Å². The van der Waals surface area contributed by atoms with Gasteiger partial charge in [-0.25, -0.2) is 0 Å². The van der Waals surface area contributed by atoms with Crippen LogP contribution >= 0.6 is 23.2 Å². The second-order valence-electron chi connectivity index (χ2n) is 4.30. The summed E-state index contributed by atoms with van der Waals surface area (Å²) >= 11 is 11.8. The van der Waals surface area contributed by atoms with Gasteiger partial charge in [0.05, 0.1) is 17.2 Å². The van der Waals surface area contributed by atoms with Crippen molar-refractivity contribution in [3.8, 4) is 5.75 Å². The molecule has 0 saturated heterocycles. The van der Waals surface area contributed by atoms with Gasteiger partial charge in [-0.3, -0.25) is 4.79 Å². The Bertz CT molecular complexity index is 656. The van der Waals surface area contributed by atoms with Crippen LogP contribution in [0.5, 0.6) is 5.75 Å². The highest BCUT2D eigenvalue weighted by Crippen LogP contribution is 2.25. The van der Waals surface area contributed by atoms with E-state index in [0.717, 1.165) is 5.56 Å². The lowest BCUT2D eigenvalue weighted by Crippen LogP contribution is -2.07. The predicted molar refractivity (Wildman–Crippen MR) is 81.9 cm³/mol. The molecule has 0 aliphatic carbocycles. The van der Waals surface area contributed by atoms with Gasteiger partial charge < -0.3 is 10.5 Å². The number of rotatable bonds is 4. The smallest absolute Gasteiger partial charge is 0.169 e. The molecule has 0 fully saturated rings. The molecular formula is C15H13Cl2NO2.